The topological polar surface area (TPSA) is 119 Å². The van der Waals surface area contributed by atoms with Crippen molar-refractivity contribution in [2.24, 2.45) is 5.92 Å². The van der Waals surface area contributed by atoms with Crippen molar-refractivity contribution in [2.45, 2.75) is 32.3 Å². The van der Waals surface area contributed by atoms with Crippen LogP contribution in [0.4, 0.5) is 10.5 Å². The second-order valence-electron chi connectivity index (χ2n) is 7.30. The number of likely N-dealkylation sites (N-methyl/N-ethyl adjacent to an activating group) is 1. The molecule has 31 heavy (non-hydrogen) atoms. The van der Waals surface area contributed by atoms with Crippen LogP contribution in [0.15, 0.2) is 35.0 Å². The van der Waals surface area contributed by atoms with Gasteiger partial charge in [-0.05, 0) is 57.0 Å². The molecule has 1 amide bonds. The summed E-state index contributed by atoms with van der Waals surface area (Å²) in [6.07, 6.45) is 3.36. The van der Waals surface area contributed by atoms with E-state index < -0.39 is 12.0 Å². The Morgan fingerprint density at radius 1 is 1.32 bits per heavy atom. The standard InChI is InChI=1S/C20H21N3O5.C2H4O/c1-21-10-14-11-23(20(26)27-14)13-5-6-15-12(9-13)3-2-4-16(18(15)24)19(25)17-7-8-22-28-17;1-2-3/h5-9,14,16,21H,2-4,10-11H2,1H3;2H,1H3. The van der Waals surface area contributed by atoms with E-state index in [0.29, 0.717) is 43.6 Å². The number of hydrogen-bond acceptors (Lipinski definition) is 8. The Bertz CT molecular complexity index is 956. The molecule has 1 fully saturated rings. The minimum absolute atomic E-state index is 0.105. The molecule has 164 valence electrons. The van der Waals surface area contributed by atoms with Gasteiger partial charge in [-0.1, -0.05) is 5.16 Å². The number of carbonyl (C=O) groups is 4. The van der Waals surface area contributed by atoms with Crippen LogP contribution in [0, 0.1) is 5.92 Å². The monoisotopic (exact) mass is 427 g/mol. The van der Waals surface area contributed by atoms with Gasteiger partial charge in [-0.15, -0.1) is 0 Å². The molecule has 1 aliphatic carbocycles. The van der Waals surface area contributed by atoms with Crippen LogP contribution in [-0.4, -0.2) is 55.3 Å². The van der Waals surface area contributed by atoms with Crippen LogP contribution in [-0.2, 0) is 16.0 Å². The molecule has 1 aromatic carbocycles. The van der Waals surface area contributed by atoms with E-state index in [-0.39, 0.29) is 23.4 Å². The number of ether oxygens (including phenoxy) is 1. The quantitative estimate of drug-likeness (QED) is 0.334. The van der Waals surface area contributed by atoms with Gasteiger partial charge in [-0.3, -0.25) is 14.5 Å². The zero-order valence-corrected chi connectivity index (χ0v) is 17.5. The van der Waals surface area contributed by atoms with Gasteiger partial charge in [0.2, 0.25) is 11.5 Å². The molecule has 2 unspecified atom stereocenters. The molecule has 4 rings (SSSR count). The number of ketones is 2. The van der Waals surface area contributed by atoms with Crippen molar-refractivity contribution in [1.82, 2.24) is 10.5 Å². The number of benzene rings is 1. The normalized spacial score (nSPS) is 20.3. The fourth-order valence-electron chi connectivity index (χ4n) is 3.84. The van der Waals surface area contributed by atoms with Crippen molar-refractivity contribution < 1.29 is 28.4 Å². The molecule has 2 aliphatic rings. The average Bonchev–Trinajstić information content (AvgIpc) is 3.38. The number of carbonyl (C=O) groups excluding carboxylic acids is 4. The number of hydrogen-bond donors (Lipinski definition) is 1. The van der Waals surface area contributed by atoms with E-state index in [0.717, 1.165) is 11.8 Å². The number of aromatic nitrogens is 1. The lowest BCUT2D eigenvalue weighted by molar-refractivity contribution is -0.106. The molecule has 1 aromatic heterocycles. The summed E-state index contributed by atoms with van der Waals surface area (Å²) in [5, 5.41) is 6.55. The molecule has 1 saturated heterocycles. The van der Waals surface area contributed by atoms with Crippen LogP contribution in [0.2, 0.25) is 0 Å². The summed E-state index contributed by atoms with van der Waals surface area (Å²) in [5.74, 6) is -1.21. The van der Waals surface area contributed by atoms with Gasteiger partial charge >= 0.3 is 6.09 Å². The minimum Gasteiger partial charge on any atom is -0.443 e. The molecular weight excluding hydrogens is 402 g/mol. The Hall–Kier alpha value is -3.33. The number of aryl methyl sites for hydroxylation is 1. The van der Waals surface area contributed by atoms with E-state index >= 15 is 0 Å². The van der Waals surface area contributed by atoms with Crippen LogP contribution < -0.4 is 10.2 Å². The maximum Gasteiger partial charge on any atom is 0.414 e. The summed E-state index contributed by atoms with van der Waals surface area (Å²) < 4.78 is 10.3. The molecule has 1 aliphatic heterocycles. The maximum atomic E-state index is 13.0. The zero-order valence-electron chi connectivity index (χ0n) is 17.5. The van der Waals surface area contributed by atoms with Crippen molar-refractivity contribution in [3.05, 3.63) is 47.3 Å². The first-order valence-electron chi connectivity index (χ1n) is 10.1. The molecule has 0 radical (unpaired) electrons. The van der Waals surface area contributed by atoms with Crippen LogP contribution in [0.1, 0.15) is 46.2 Å². The summed E-state index contributed by atoms with van der Waals surface area (Å²) in [6.45, 7) is 2.48. The van der Waals surface area contributed by atoms with E-state index in [1.807, 2.05) is 6.07 Å². The van der Waals surface area contributed by atoms with E-state index in [2.05, 4.69) is 10.5 Å². The lowest BCUT2D eigenvalue weighted by Gasteiger charge is -2.16. The van der Waals surface area contributed by atoms with Crippen molar-refractivity contribution >= 4 is 29.6 Å². The molecule has 9 nitrogen and oxygen atoms in total. The lowest BCUT2D eigenvalue weighted by Crippen LogP contribution is -2.29. The highest BCUT2D eigenvalue weighted by atomic mass is 16.6. The number of cyclic esters (lactones) is 1. The molecular formula is C22H25N3O6. The highest BCUT2D eigenvalue weighted by molar-refractivity contribution is 6.16. The minimum atomic E-state index is -0.767. The Kier molecular flexibility index (Phi) is 7.30. The van der Waals surface area contributed by atoms with Crippen LogP contribution in [0.25, 0.3) is 0 Å². The van der Waals surface area contributed by atoms with E-state index in [9.17, 15) is 14.4 Å². The van der Waals surface area contributed by atoms with Crippen LogP contribution >= 0.6 is 0 Å². The summed E-state index contributed by atoms with van der Waals surface area (Å²) >= 11 is 0. The first-order valence-corrected chi connectivity index (χ1v) is 10.1. The van der Waals surface area contributed by atoms with Gasteiger partial charge in [0.05, 0.1) is 18.7 Å². The number of aldehydes is 1. The summed E-state index contributed by atoms with van der Waals surface area (Å²) in [4.78, 5) is 48.2. The predicted octanol–water partition coefficient (Wildman–Crippen LogP) is 2.44. The fraction of sp³-hybridized carbons (Fsp3) is 0.409. The van der Waals surface area contributed by atoms with Gasteiger partial charge in [0.1, 0.15) is 12.4 Å². The van der Waals surface area contributed by atoms with E-state index in [1.165, 1.54) is 19.2 Å². The molecule has 1 N–H and O–H groups in total. The average molecular weight is 427 g/mol. The predicted molar refractivity (Wildman–Crippen MR) is 111 cm³/mol. The third kappa shape index (κ3) is 4.88. The largest absolute Gasteiger partial charge is 0.443 e. The molecule has 2 heterocycles. The smallest absolute Gasteiger partial charge is 0.414 e. The second-order valence-corrected chi connectivity index (χ2v) is 7.30. The van der Waals surface area contributed by atoms with Gasteiger partial charge in [0.15, 0.2) is 5.78 Å². The number of nitrogens with zero attached hydrogens (tertiary/aromatic N) is 2. The number of Topliss-reactive ketones (excluding diaryl/α,β-unsaturated/α-hetero) is 2. The first-order chi connectivity index (χ1) is 15.0. The third-order valence-electron chi connectivity index (χ3n) is 5.22. The number of fused-ring (bicyclic) bond motifs is 1. The summed E-state index contributed by atoms with van der Waals surface area (Å²) in [7, 11) is 1.81. The molecule has 0 saturated carbocycles. The molecule has 0 spiro atoms. The Morgan fingerprint density at radius 3 is 2.77 bits per heavy atom. The SMILES string of the molecule is CC=O.CNCC1CN(c2ccc3c(c2)CCCC(C(=O)c2ccno2)C3=O)C(=O)O1. The zero-order chi connectivity index (χ0) is 22.4. The van der Waals surface area contributed by atoms with Crippen molar-refractivity contribution in [3.8, 4) is 0 Å². The Morgan fingerprint density at radius 2 is 2.10 bits per heavy atom. The highest BCUT2D eigenvalue weighted by Crippen LogP contribution is 2.31. The van der Waals surface area contributed by atoms with Gasteiger partial charge < -0.3 is 19.4 Å². The summed E-state index contributed by atoms with van der Waals surface area (Å²) in [5.41, 5.74) is 2.08. The molecule has 0 bridgehead atoms. The van der Waals surface area contributed by atoms with Crippen molar-refractivity contribution in [3.63, 3.8) is 0 Å². The number of anilines is 1. The van der Waals surface area contributed by atoms with Gasteiger partial charge in [-0.2, -0.15) is 0 Å². The molecule has 2 aromatic rings. The first kappa shape index (κ1) is 22.4. The Labute approximate surface area is 179 Å². The van der Waals surface area contributed by atoms with Gasteiger partial charge in [0.25, 0.3) is 0 Å². The van der Waals surface area contributed by atoms with E-state index in [1.54, 1.807) is 24.1 Å². The van der Waals surface area contributed by atoms with Gasteiger partial charge in [0, 0.05) is 23.9 Å². The third-order valence-corrected chi connectivity index (χ3v) is 5.22. The maximum absolute atomic E-state index is 13.0. The van der Waals surface area contributed by atoms with Crippen LogP contribution in [0.5, 0.6) is 0 Å². The number of nitrogens with one attached hydrogen (secondary N) is 1. The van der Waals surface area contributed by atoms with E-state index in [4.69, 9.17) is 14.1 Å². The number of amides is 1. The van der Waals surface area contributed by atoms with Crippen molar-refractivity contribution in [1.29, 1.82) is 0 Å². The summed E-state index contributed by atoms with van der Waals surface area (Å²) in [6, 6.07) is 6.78. The molecule has 2 atom stereocenters. The second kappa shape index (κ2) is 10.1. The van der Waals surface area contributed by atoms with Crippen molar-refractivity contribution in [2.75, 3.05) is 25.0 Å². The molecule has 9 heteroatoms. The Balaban J connectivity index is 0.000000858. The highest BCUT2D eigenvalue weighted by Gasteiger charge is 2.35. The number of rotatable bonds is 5. The van der Waals surface area contributed by atoms with Gasteiger partial charge in [-0.25, -0.2) is 4.79 Å². The fourth-order valence-corrected chi connectivity index (χ4v) is 3.84. The van der Waals surface area contributed by atoms with Crippen LogP contribution in [0.3, 0.4) is 0 Å². The lowest BCUT2D eigenvalue weighted by atomic mass is 9.90.